The molecule has 0 unspecified atom stereocenters. The maximum absolute atomic E-state index is 3.73. The van der Waals surface area contributed by atoms with Gasteiger partial charge in [0.2, 0.25) is 0 Å². The Morgan fingerprint density at radius 1 is 1.11 bits per heavy atom. The molecule has 0 aliphatic heterocycles. The van der Waals surface area contributed by atoms with E-state index in [4.69, 9.17) is 0 Å². The van der Waals surface area contributed by atoms with Crippen LogP contribution in [0.2, 0.25) is 0 Å². The van der Waals surface area contributed by atoms with Crippen molar-refractivity contribution in [2.75, 3.05) is 5.32 Å². The molecule has 0 atom stereocenters. The second kappa shape index (κ2) is 5.47. The monoisotopic (exact) mass is 321 g/mol. The van der Waals surface area contributed by atoms with Crippen LogP contribution in [0.25, 0.3) is 0 Å². The lowest BCUT2D eigenvalue weighted by Crippen LogP contribution is -2.31. The minimum absolute atomic E-state index is 0.681. The molecule has 0 heterocycles. The summed E-state index contributed by atoms with van der Waals surface area (Å²) in [4.78, 5) is 0. The highest BCUT2D eigenvalue weighted by atomic mass is 79.9. The van der Waals surface area contributed by atoms with Crippen LogP contribution in [0.5, 0.6) is 0 Å². The fourth-order valence-electron chi connectivity index (χ4n) is 3.92. The molecule has 1 spiro atoms. The predicted molar refractivity (Wildman–Crippen MR) is 85.7 cm³/mol. The van der Waals surface area contributed by atoms with Gasteiger partial charge < -0.3 is 5.32 Å². The molecule has 1 aromatic carbocycles. The van der Waals surface area contributed by atoms with Crippen LogP contribution >= 0.6 is 15.9 Å². The lowest BCUT2D eigenvalue weighted by atomic mass is 9.71. The van der Waals surface area contributed by atoms with E-state index in [-0.39, 0.29) is 0 Å². The van der Waals surface area contributed by atoms with Gasteiger partial charge in [-0.15, -0.1) is 0 Å². The zero-order valence-electron chi connectivity index (χ0n) is 11.8. The molecule has 0 aromatic heterocycles. The first-order valence-electron chi connectivity index (χ1n) is 7.70. The van der Waals surface area contributed by atoms with Crippen molar-refractivity contribution >= 4 is 21.6 Å². The van der Waals surface area contributed by atoms with Crippen molar-refractivity contribution in [1.82, 2.24) is 0 Å². The smallest absolute Gasteiger partial charge is 0.0353 e. The third kappa shape index (κ3) is 2.99. The summed E-state index contributed by atoms with van der Waals surface area (Å²) in [6.07, 6.45) is 11.5. The van der Waals surface area contributed by atoms with Gasteiger partial charge in [0.25, 0.3) is 0 Å². The van der Waals surface area contributed by atoms with Crippen LogP contribution in [-0.4, -0.2) is 6.04 Å². The molecule has 3 rings (SSSR count). The fraction of sp³-hybridized carbons (Fsp3) is 0.647. The van der Waals surface area contributed by atoms with Gasteiger partial charge >= 0.3 is 0 Å². The second-order valence-electron chi connectivity index (χ2n) is 6.59. The Kier molecular flexibility index (Phi) is 3.88. The fourth-order valence-corrected chi connectivity index (χ4v) is 4.30. The number of rotatable bonds is 2. The van der Waals surface area contributed by atoms with E-state index in [0.29, 0.717) is 6.04 Å². The number of anilines is 1. The molecule has 19 heavy (non-hydrogen) atoms. The van der Waals surface area contributed by atoms with E-state index in [0.717, 1.165) is 5.41 Å². The third-order valence-electron chi connectivity index (χ3n) is 5.25. The van der Waals surface area contributed by atoms with E-state index in [9.17, 15) is 0 Å². The van der Waals surface area contributed by atoms with Crippen molar-refractivity contribution < 1.29 is 0 Å². The van der Waals surface area contributed by atoms with Crippen LogP contribution in [0.1, 0.15) is 56.9 Å². The van der Waals surface area contributed by atoms with Crippen LogP contribution in [0.3, 0.4) is 0 Å². The van der Waals surface area contributed by atoms with Crippen LogP contribution in [0.4, 0.5) is 5.69 Å². The van der Waals surface area contributed by atoms with Gasteiger partial charge in [0.1, 0.15) is 0 Å². The largest absolute Gasteiger partial charge is 0.382 e. The molecular formula is C17H24BrN. The summed E-state index contributed by atoms with van der Waals surface area (Å²) in [6.45, 7) is 2.14. The standard InChI is InChI=1S/C17H24BrN/c1-13-4-5-15(12-16(13)18)19-14-6-10-17(11-7-14)8-2-3-9-17/h4-5,12,14,19H,2-3,6-11H2,1H3. The Balaban J connectivity index is 1.58. The Hall–Kier alpha value is -0.500. The molecule has 2 aliphatic carbocycles. The molecule has 1 nitrogen and oxygen atoms in total. The molecule has 2 heteroatoms. The van der Waals surface area contributed by atoms with E-state index in [2.05, 4.69) is 46.4 Å². The normalized spacial score (nSPS) is 22.8. The van der Waals surface area contributed by atoms with E-state index in [1.807, 2.05) is 0 Å². The lowest BCUT2D eigenvalue weighted by Gasteiger charge is -2.38. The van der Waals surface area contributed by atoms with Gasteiger partial charge in [-0.2, -0.15) is 0 Å². The minimum Gasteiger partial charge on any atom is -0.382 e. The quantitative estimate of drug-likeness (QED) is 0.739. The molecule has 104 valence electrons. The van der Waals surface area contributed by atoms with E-state index < -0.39 is 0 Å². The number of hydrogen-bond acceptors (Lipinski definition) is 1. The summed E-state index contributed by atoms with van der Waals surface area (Å²) >= 11 is 3.62. The average molecular weight is 322 g/mol. The molecule has 0 amide bonds. The highest BCUT2D eigenvalue weighted by molar-refractivity contribution is 9.10. The van der Waals surface area contributed by atoms with Crippen molar-refractivity contribution in [2.45, 2.75) is 64.3 Å². The summed E-state index contributed by atoms with van der Waals surface area (Å²) in [6, 6.07) is 7.30. The first-order valence-corrected chi connectivity index (χ1v) is 8.49. The summed E-state index contributed by atoms with van der Waals surface area (Å²) in [7, 11) is 0. The summed E-state index contributed by atoms with van der Waals surface area (Å²) in [5, 5.41) is 3.73. The summed E-state index contributed by atoms with van der Waals surface area (Å²) in [5.41, 5.74) is 3.32. The lowest BCUT2D eigenvalue weighted by molar-refractivity contribution is 0.188. The van der Waals surface area contributed by atoms with Crippen molar-refractivity contribution in [3.8, 4) is 0 Å². The topological polar surface area (TPSA) is 12.0 Å². The van der Waals surface area contributed by atoms with Crippen LogP contribution in [0.15, 0.2) is 22.7 Å². The van der Waals surface area contributed by atoms with Crippen molar-refractivity contribution in [3.63, 3.8) is 0 Å². The van der Waals surface area contributed by atoms with Gasteiger partial charge in [0.05, 0.1) is 0 Å². The van der Waals surface area contributed by atoms with Crippen molar-refractivity contribution in [1.29, 1.82) is 0 Å². The van der Waals surface area contributed by atoms with Gasteiger partial charge in [-0.1, -0.05) is 34.8 Å². The third-order valence-corrected chi connectivity index (χ3v) is 6.11. The number of hydrogen-bond donors (Lipinski definition) is 1. The molecule has 0 bridgehead atoms. The zero-order chi connectivity index (χ0) is 13.3. The first kappa shape index (κ1) is 13.5. The molecule has 2 saturated carbocycles. The maximum Gasteiger partial charge on any atom is 0.0353 e. The Bertz CT molecular complexity index is 439. The second-order valence-corrected chi connectivity index (χ2v) is 7.44. The van der Waals surface area contributed by atoms with Gasteiger partial charge in [-0.05, 0) is 68.6 Å². The molecule has 2 aliphatic rings. The van der Waals surface area contributed by atoms with E-state index >= 15 is 0 Å². The number of benzene rings is 1. The summed E-state index contributed by atoms with van der Waals surface area (Å²) in [5.74, 6) is 0. The van der Waals surface area contributed by atoms with Crippen molar-refractivity contribution in [3.05, 3.63) is 28.2 Å². The van der Waals surface area contributed by atoms with Gasteiger partial charge in [-0.25, -0.2) is 0 Å². The SMILES string of the molecule is Cc1ccc(NC2CCC3(CCCC3)CC2)cc1Br. The molecular weight excluding hydrogens is 298 g/mol. The molecule has 1 aromatic rings. The maximum atomic E-state index is 3.73. The predicted octanol–water partition coefficient (Wildman–Crippen LogP) is 5.67. The molecule has 0 saturated heterocycles. The van der Waals surface area contributed by atoms with Crippen LogP contribution < -0.4 is 5.32 Å². The first-order chi connectivity index (χ1) is 9.17. The number of aryl methyl sites for hydroxylation is 1. The number of halogens is 1. The Morgan fingerprint density at radius 2 is 1.79 bits per heavy atom. The van der Waals surface area contributed by atoms with Gasteiger partial charge in [0.15, 0.2) is 0 Å². The highest BCUT2D eigenvalue weighted by Crippen LogP contribution is 2.49. The van der Waals surface area contributed by atoms with Crippen molar-refractivity contribution in [2.24, 2.45) is 5.41 Å². The molecule has 2 fully saturated rings. The summed E-state index contributed by atoms with van der Waals surface area (Å²) < 4.78 is 1.21. The van der Waals surface area contributed by atoms with Gasteiger partial charge in [-0.3, -0.25) is 0 Å². The van der Waals surface area contributed by atoms with E-state index in [1.165, 1.54) is 67.1 Å². The minimum atomic E-state index is 0.681. The van der Waals surface area contributed by atoms with Gasteiger partial charge in [0, 0.05) is 16.2 Å². The number of nitrogens with one attached hydrogen (secondary N) is 1. The molecule has 0 radical (unpaired) electrons. The molecule has 1 N–H and O–H groups in total. The highest BCUT2D eigenvalue weighted by Gasteiger charge is 2.37. The van der Waals surface area contributed by atoms with Crippen LogP contribution in [0, 0.1) is 12.3 Å². The van der Waals surface area contributed by atoms with Crippen LogP contribution in [-0.2, 0) is 0 Å². The Morgan fingerprint density at radius 3 is 2.42 bits per heavy atom. The van der Waals surface area contributed by atoms with E-state index in [1.54, 1.807) is 0 Å². The Labute approximate surface area is 125 Å². The average Bonchev–Trinajstić information content (AvgIpc) is 2.86. The zero-order valence-corrected chi connectivity index (χ0v) is 13.4.